The van der Waals surface area contributed by atoms with Crippen LogP contribution in [0.4, 0.5) is 0 Å². The van der Waals surface area contributed by atoms with Gasteiger partial charge < -0.3 is 10.1 Å². The molecule has 0 radical (unpaired) electrons. The number of aromatic nitrogens is 2. The molecular weight excluding hydrogens is 306 g/mol. The molecule has 1 unspecified atom stereocenters. The number of halogens is 1. The lowest BCUT2D eigenvalue weighted by molar-refractivity contribution is 0.406. The van der Waals surface area contributed by atoms with E-state index in [4.69, 9.17) is 4.74 Å². The Balaban J connectivity index is 2.26. The largest absolute Gasteiger partial charge is 0.496 e. The number of nitrogens with one attached hydrogen (secondary N) is 1. The second kappa shape index (κ2) is 6.63. The molecule has 2 aromatic rings. The monoisotopic (exact) mass is 321 g/mol. The Kier molecular flexibility index (Phi) is 4.87. The molecule has 1 heterocycles. The predicted molar refractivity (Wildman–Crippen MR) is 78.2 cm³/mol. The summed E-state index contributed by atoms with van der Waals surface area (Å²) in [5, 5.41) is 3.26. The van der Waals surface area contributed by atoms with Gasteiger partial charge in [0.15, 0.2) is 0 Å². The molecule has 5 heteroatoms. The van der Waals surface area contributed by atoms with Gasteiger partial charge in [-0.05, 0) is 37.2 Å². The van der Waals surface area contributed by atoms with Gasteiger partial charge in [0.25, 0.3) is 0 Å². The molecule has 0 bridgehead atoms. The van der Waals surface area contributed by atoms with Crippen molar-refractivity contribution < 1.29 is 4.74 Å². The number of nitrogens with zero attached hydrogens (tertiary/aromatic N) is 2. The molecule has 100 valence electrons. The van der Waals surface area contributed by atoms with Crippen LogP contribution in [0.3, 0.4) is 0 Å². The van der Waals surface area contributed by atoms with Gasteiger partial charge in [-0.3, -0.25) is 9.97 Å². The van der Waals surface area contributed by atoms with E-state index in [1.807, 2.05) is 19.2 Å². The summed E-state index contributed by atoms with van der Waals surface area (Å²) in [5.41, 5.74) is 2.05. The fourth-order valence-corrected chi connectivity index (χ4v) is 2.38. The smallest absolute Gasteiger partial charge is 0.122 e. The molecule has 0 saturated carbocycles. The average molecular weight is 322 g/mol. The maximum atomic E-state index is 5.40. The zero-order chi connectivity index (χ0) is 13.7. The fraction of sp³-hybridized carbons (Fsp3) is 0.286. The average Bonchev–Trinajstić information content (AvgIpc) is 2.46. The fourth-order valence-electron chi connectivity index (χ4n) is 1.97. The second-order valence-corrected chi connectivity index (χ2v) is 5.05. The molecule has 0 aliphatic carbocycles. The molecule has 0 aliphatic rings. The lowest BCUT2D eigenvalue weighted by Crippen LogP contribution is -2.20. The van der Waals surface area contributed by atoms with Crippen molar-refractivity contribution in [3.8, 4) is 5.75 Å². The molecule has 0 aliphatic heterocycles. The summed E-state index contributed by atoms with van der Waals surface area (Å²) < 4.78 is 6.44. The van der Waals surface area contributed by atoms with Crippen LogP contribution in [0.1, 0.15) is 17.3 Å². The molecule has 1 aromatic carbocycles. The lowest BCUT2D eigenvalue weighted by Gasteiger charge is -2.17. The van der Waals surface area contributed by atoms with E-state index in [1.165, 1.54) is 0 Å². The van der Waals surface area contributed by atoms with Crippen LogP contribution < -0.4 is 10.1 Å². The van der Waals surface area contributed by atoms with E-state index in [2.05, 4.69) is 37.3 Å². The topological polar surface area (TPSA) is 47.0 Å². The Morgan fingerprint density at radius 2 is 2.21 bits per heavy atom. The normalized spacial score (nSPS) is 12.2. The first-order valence-corrected chi connectivity index (χ1v) is 6.79. The minimum atomic E-state index is 0.108. The Morgan fingerprint density at radius 1 is 1.37 bits per heavy atom. The van der Waals surface area contributed by atoms with Crippen molar-refractivity contribution in [2.75, 3.05) is 14.2 Å². The molecule has 19 heavy (non-hydrogen) atoms. The molecule has 0 amide bonds. The van der Waals surface area contributed by atoms with Gasteiger partial charge in [-0.25, -0.2) is 0 Å². The van der Waals surface area contributed by atoms with Crippen LogP contribution in [-0.4, -0.2) is 24.1 Å². The highest BCUT2D eigenvalue weighted by Gasteiger charge is 2.14. The third kappa shape index (κ3) is 3.52. The van der Waals surface area contributed by atoms with Gasteiger partial charge in [0.1, 0.15) is 5.75 Å². The van der Waals surface area contributed by atoms with Crippen molar-refractivity contribution in [2.45, 2.75) is 12.5 Å². The molecule has 1 N–H and O–H groups in total. The van der Waals surface area contributed by atoms with Crippen LogP contribution in [0.25, 0.3) is 0 Å². The third-order valence-electron chi connectivity index (χ3n) is 2.96. The van der Waals surface area contributed by atoms with Crippen molar-refractivity contribution >= 4 is 15.9 Å². The van der Waals surface area contributed by atoms with Crippen molar-refractivity contribution in [2.24, 2.45) is 0 Å². The molecular formula is C14H16BrN3O. The highest BCUT2D eigenvalue weighted by molar-refractivity contribution is 9.10. The van der Waals surface area contributed by atoms with Crippen molar-refractivity contribution in [1.82, 2.24) is 15.3 Å². The zero-order valence-electron chi connectivity index (χ0n) is 10.9. The predicted octanol–water partition coefficient (Wildman–Crippen LogP) is 2.75. The first-order chi connectivity index (χ1) is 9.24. The minimum Gasteiger partial charge on any atom is -0.496 e. The molecule has 1 atom stereocenters. The zero-order valence-corrected chi connectivity index (χ0v) is 12.5. The number of hydrogen-bond acceptors (Lipinski definition) is 4. The van der Waals surface area contributed by atoms with Crippen LogP contribution in [0, 0.1) is 0 Å². The Hall–Kier alpha value is -1.46. The lowest BCUT2D eigenvalue weighted by atomic mass is 10.0. The first-order valence-electron chi connectivity index (χ1n) is 6.00. The Bertz CT molecular complexity index is 533. The van der Waals surface area contributed by atoms with Crippen molar-refractivity contribution in [3.05, 3.63) is 52.5 Å². The first kappa shape index (κ1) is 14.0. The minimum absolute atomic E-state index is 0.108. The van der Waals surface area contributed by atoms with Crippen molar-refractivity contribution in [1.29, 1.82) is 0 Å². The number of ether oxygens (including phenoxy) is 1. The quantitative estimate of drug-likeness (QED) is 0.919. The van der Waals surface area contributed by atoms with Gasteiger partial charge in [-0.15, -0.1) is 0 Å². The van der Waals surface area contributed by atoms with Crippen LogP contribution in [0.15, 0.2) is 41.3 Å². The summed E-state index contributed by atoms with van der Waals surface area (Å²) >= 11 is 3.49. The van der Waals surface area contributed by atoms with E-state index < -0.39 is 0 Å². The van der Waals surface area contributed by atoms with E-state index in [1.54, 1.807) is 25.7 Å². The summed E-state index contributed by atoms with van der Waals surface area (Å²) in [6, 6.07) is 6.11. The Labute approximate surface area is 121 Å². The number of hydrogen-bond donors (Lipinski definition) is 1. The third-order valence-corrected chi connectivity index (χ3v) is 3.45. The Morgan fingerprint density at radius 3 is 2.84 bits per heavy atom. The van der Waals surface area contributed by atoms with Gasteiger partial charge in [-0.1, -0.05) is 15.9 Å². The number of likely N-dealkylation sites (N-methyl/N-ethyl adjacent to an activating group) is 1. The SMILES string of the molecule is CNC(Cc1cc(Br)ccc1OC)c1cnccn1. The van der Waals surface area contributed by atoms with Crippen LogP contribution in [0.2, 0.25) is 0 Å². The van der Waals surface area contributed by atoms with Gasteiger partial charge in [-0.2, -0.15) is 0 Å². The molecule has 4 nitrogen and oxygen atoms in total. The van der Waals surface area contributed by atoms with E-state index in [0.29, 0.717) is 0 Å². The van der Waals surface area contributed by atoms with Gasteiger partial charge in [0, 0.05) is 23.1 Å². The van der Waals surface area contributed by atoms with E-state index >= 15 is 0 Å². The van der Waals surface area contributed by atoms with E-state index in [-0.39, 0.29) is 6.04 Å². The highest BCUT2D eigenvalue weighted by Crippen LogP contribution is 2.27. The maximum absolute atomic E-state index is 5.40. The van der Waals surface area contributed by atoms with Gasteiger partial charge >= 0.3 is 0 Å². The molecule has 2 rings (SSSR count). The van der Waals surface area contributed by atoms with Crippen molar-refractivity contribution in [3.63, 3.8) is 0 Å². The van der Waals surface area contributed by atoms with Gasteiger partial charge in [0.2, 0.25) is 0 Å². The molecule has 0 spiro atoms. The van der Waals surface area contributed by atoms with Gasteiger partial charge in [0.05, 0.1) is 18.8 Å². The maximum Gasteiger partial charge on any atom is 0.122 e. The standard InChI is InChI=1S/C14H16BrN3O/c1-16-12(13-9-17-5-6-18-13)8-10-7-11(15)3-4-14(10)19-2/h3-7,9,12,16H,8H2,1-2H3. The van der Waals surface area contributed by atoms with E-state index in [9.17, 15) is 0 Å². The number of methoxy groups -OCH3 is 1. The van der Waals surface area contributed by atoms with Crippen LogP contribution in [-0.2, 0) is 6.42 Å². The molecule has 0 fully saturated rings. The van der Waals surface area contributed by atoms with Crippen LogP contribution in [0.5, 0.6) is 5.75 Å². The summed E-state index contributed by atoms with van der Waals surface area (Å²) in [6.45, 7) is 0. The summed E-state index contributed by atoms with van der Waals surface area (Å²) in [4.78, 5) is 8.46. The number of rotatable bonds is 5. The van der Waals surface area contributed by atoms with Crippen LogP contribution >= 0.6 is 15.9 Å². The summed E-state index contributed by atoms with van der Waals surface area (Å²) in [7, 11) is 3.60. The molecule has 1 aromatic heterocycles. The number of benzene rings is 1. The summed E-state index contributed by atoms with van der Waals surface area (Å²) in [6.07, 6.45) is 5.96. The highest BCUT2D eigenvalue weighted by atomic mass is 79.9. The van der Waals surface area contributed by atoms with E-state index in [0.717, 1.165) is 27.9 Å². The second-order valence-electron chi connectivity index (χ2n) is 4.13. The summed E-state index contributed by atoms with van der Waals surface area (Å²) in [5.74, 6) is 0.882. The molecule has 0 saturated heterocycles.